The number of nitrogens with one attached hydrogen (secondary N) is 1. The number of anilines is 1. The Balaban J connectivity index is 1.52. The van der Waals surface area contributed by atoms with Gasteiger partial charge in [0.2, 0.25) is 5.91 Å². The highest BCUT2D eigenvalue weighted by Crippen LogP contribution is 2.34. The summed E-state index contributed by atoms with van der Waals surface area (Å²) in [6.45, 7) is 0.417. The molecule has 0 saturated carbocycles. The Hall–Kier alpha value is -3.60. The minimum atomic E-state index is -4.54. The van der Waals surface area contributed by atoms with Crippen molar-refractivity contribution in [1.82, 2.24) is 14.5 Å². The maximum absolute atomic E-state index is 13.0. The maximum atomic E-state index is 13.0. The first-order valence-electron chi connectivity index (χ1n) is 9.38. The molecule has 1 N–H and O–H groups in total. The van der Waals surface area contributed by atoms with Gasteiger partial charge in [-0.1, -0.05) is 18.1 Å². The molecule has 0 radical (unpaired) electrons. The SMILES string of the molecule is O=C(Nc1cccc(C#Cc2ccccn2)c1)C1CCCn2cc(C(F)(F)F)nc21. The maximum Gasteiger partial charge on any atom is 0.434 e. The standard InChI is InChI=1S/C22H17F3N4O/c23-22(24,25)19-14-29-12-4-8-18(20(29)28-19)21(30)27-17-7-3-5-15(13-17)9-10-16-6-1-2-11-26-16/h1-3,5-7,11,13-14,18H,4,8,12H2,(H,27,30). The fraction of sp³-hybridized carbons (Fsp3) is 0.227. The summed E-state index contributed by atoms with van der Waals surface area (Å²) in [6.07, 6.45) is -0.860. The second-order valence-electron chi connectivity index (χ2n) is 6.91. The summed E-state index contributed by atoms with van der Waals surface area (Å²) in [5.41, 5.74) is 0.862. The molecule has 30 heavy (non-hydrogen) atoms. The van der Waals surface area contributed by atoms with Gasteiger partial charge in [0.15, 0.2) is 5.69 Å². The largest absolute Gasteiger partial charge is 0.434 e. The van der Waals surface area contributed by atoms with Gasteiger partial charge in [0.05, 0.1) is 5.92 Å². The number of amides is 1. The van der Waals surface area contributed by atoms with Gasteiger partial charge in [0, 0.05) is 30.2 Å². The molecule has 0 spiro atoms. The van der Waals surface area contributed by atoms with Crippen LogP contribution in [0.15, 0.2) is 54.9 Å². The first kappa shape index (κ1) is 19.7. The van der Waals surface area contributed by atoms with Crippen molar-refractivity contribution in [3.8, 4) is 11.8 Å². The molecular weight excluding hydrogens is 393 g/mol. The van der Waals surface area contributed by atoms with Gasteiger partial charge in [0.1, 0.15) is 11.5 Å². The number of pyridine rings is 1. The number of halogens is 3. The molecule has 0 saturated heterocycles. The molecule has 1 aromatic carbocycles. The van der Waals surface area contributed by atoms with E-state index in [2.05, 4.69) is 27.1 Å². The molecule has 0 aliphatic carbocycles. The van der Waals surface area contributed by atoms with Gasteiger partial charge in [-0.25, -0.2) is 9.97 Å². The first-order valence-corrected chi connectivity index (χ1v) is 9.38. The van der Waals surface area contributed by atoms with Crippen molar-refractivity contribution in [2.75, 3.05) is 5.32 Å². The van der Waals surface area contributed by atoms with Crippen LogP contribution < -0.4 is 5.32 Å². The van der Waals surface area contributed by atoms with Gasteiger partial charge in [-0.2, -0.15) is 13.2 Å². The number of carbonyl (C=O) groups is 1. The van der Waals surface area contributed by atoms with E-state index in [4.69, 9.17) is 0 Å². The lowest BCUT2D eigenvalue weighted by Gasteiger charge is -2.22. The first-order chi connectivity index (χ1) is 14.4. The molecule has 4 rings (SSSR count). The second-order valence-corrected chi connectivity index (χ2v) is 6.91. The third-order valence-electron chi connectivity index (χ3n) is 4.75. The van der Waals surface area contributed by atoms with E-state index in [1.807, 2.05) is 6.07 Å². The average Bonchev–Trinajstić information content (AvgIpc) is 3.18. The van der Waals surface area contributed by atoms with E-state index in [0.29, 0.717) is 36.3 Å². The number of benzene rings is 1. The summed E-state index contributed by atoms with van der Waals surface area (Å²) in [6, 6.07) is 12.4. The fourth-order valence-electron chi connectivity index (χ4n) is 3.34. The van der Waals surface area contributed by atoms with Gasteiger partial charge < -0.3 is 9.88 Å². The number of aryl methyl sites for hydroxylation is 1. The Bertz CT molecular complexity index is 1130. The molecule has 1 atom stereocenters. The van der Waals surface area contributed by atoms with Crippen LogP contribution >= 0.6 is 0 Å². The Morgan fingerprint density at radius 2 is 2.03 bits per heavy atom. The zero-order chi connectivity index (χ0) is 21.1. The van der Waals surface area contributed by atoms with Crippen molar-refractivity contribution < 1.29 is 18.0 Å². The number of hydrogen-bond acceptors (Lipinski definition) is 3. The monoisotopic (exact) mass is 410 g/mol. The summed E-state index contributed by atoms with van der Waals surface area (Å²) >= 11 is 0. The molecular formula is C22H17F3N4O. The predicted octanol–water partition coefficient (Wildman–Crippen LogP) is 4.21. The van der Waals surface area contributed by atoms with Gasteiger partial charge in [-0.05, 0) is 49.1 Å². The number of fused-ring (bicyclic) bond motifs is 1. The minimum Gasteiger partial charge on any atom is -0.334 e. The van der Waals surface area contributed by atoms with Crippen LogP contribution in [0.4, 0.5) is 18.9 Å². The van der Waals surface area contributed by atoms with Gasteiger partial charge in [0.25, 0.3) is 0 Å². The number of carbonyl (C=O) groups excluding carboxylic acids is 1. The Kier molecular flexibility index (Phi) is 5.27. The normalized spacial score (nSPS) is 15.6. The van der Waals surface area contributed by atoms with Gasteiger partial charge in [-0.3, -0.25) is 4.79 Å². The molecule has 1 unspecified atom stereocenters. The number of imidazole rings is 1. The Morgan fingerprint density at radius 1 is 1.17 bits per heavy atom. The van der Waals surface area contributed by atoms with Crippen LogP contribution in [0.5, 0.6) is 0 Å². The Labute approximate surface area is 171 Å². The summed E-state index contributed by atoms with van der Waals surface area (Å²) in [4.78, 5) is 20.6. The smallest absolute Gasteiger partial charge is 0.334 e. The zero-order valence-electron chi connectivity index (χ0n) is 15.8. The molecule has 8 heteroatoms. The molecule has 1 aliphatic rings. The lowest BCUT2D eigenvalue weighted by atomic mass is 9.98. The fourth-order valence-corrected chi connectivity index (χ4v) is 3.34. The summed E-state index contributed by atoms with van der Waals surface area (Å²) in [7, 11) is 0. The van der Waals surface area contributed by atoms with Crippen LogP contribution in [0.25, 0.3) is 0 Å². The van der Waals surface area contributed by atoms with Crippen LogP contribution in [0.1, 0.15) is 41.5 Å². The molecule has 1 amide bonds. The number of nitrogens with zero attached hydrogens (tertiary/aromatic N) is 3. The third-order valence-corrected chi connectivity index (χ3v) is 4.75. The predicted molar refractivity (Wildman–Crippen MR) is 104 cm³/mol. The lowest BCUT2D eigenvalue weighted by molar-refractivity contribution is -0.141. The number of hydrogen-bond donors (Lipinski definition) is 1. The van der Waals surface area contributed by atoms with E-state index >= 15 is 0 Å². The van der Waals surface area contributed by atoms with Crippen LogP contribution in [0, 0.1) is 11.8 Å². The van der Waals surface area contributed by atoms with Crippen molar-refractivity contribution in [3.63, 3.8) is 0 Å². The van der Waals surface area contributed by atoms with Crippen molar-refractivity contribution in [2.45, 2.75) is 31.5 Å². The molecule has 5 nitrogen and oxygen atoms in total. The van der Waals surface area contributed by atoms with Crippen LogP contribution in [0.3, 0.4) is 0 Å². The zero-order valence-corrected chi connectivity index (χ0v) is 15.8. The molecule has 152 valence electrons. The highest BCUT2D eigenvalue weighted by Gasteiger charge is 2.38. The number of rotatable bonds is 2. The van der Waals surface area contributed by atoms with E-state index in [9.17, 15) is 18.0 Å². The quantitative estimate of drug-likeness (QED) is 0.644. The van der Waals surface area contributed by atoms with E-state index < -0.39 is 17.8 Å². The minimum absolute atomic E-state index is 0.150. The Morgan fingerprint density at radius 3 is 2.80 bits per heavy atom. The number of alkyl halides is 3. The van der Waals surface area contributed by atoms with E-state index in [-0.39, 0.29) is 11.7 Å². The van der Waals surface area contributed by atoms with E-state index in [1.54, 1.807) is 42.6 Å². The average molecular weight is 410 g/mol. The van der Waals surface area contributed by atoms with E-state index in [1.165, 1.54) is 4.57 Å². The molecule has 3 aromatic rings. The lowest BCUT2D eigenvalue weighted by Crippen LogP contribution is -2.27. The van der Waals surface area contributed by atoms with Crippen molar-refractivity contribution in [2.24, 2.45) is 0 Å². The van der Waals surface area contributed by atoms with Crippen molar-refractivity contribution >= 4 is 11.6 Å². The highest BCUT2D eigenvalue weighted by molar-refractivity contribution is 5.95. The molecule has 0 fully saturated rings. The summed E-state index contributed by atoms with van der Waals surface area (Å²) in [5.74, 6) is 4.95. The number of aromatic nitrogens is 3. The van der Waals surface area contributed by atoms with Crippen LogP contribution in [-0.4, -0.2) is 20.4 Å². The highest BCUT2D eigenvalue weighted by atomic mass is 19.4. The van der Waals surface area contributed by atoms with Crippen LogP contribution in [-0.2, 0) is 17.5 Å². The van der Waals surface area contributed by atoms with Gasteiger partial charge >= 0.3 is 6.18 Å². The molecule has 1 aliphatic heterocycles. The van der Waals surface area contributed by atoms with Crippen LogP contribution in [0.2, 0.25) is 0 Å². The van der Waals surface area contributed by atoms with Gasteiger partial charge in [-0.15, -0.1) is 0 Å². The molecule has 3 heterocycles. The summed E-state index contributed by atoms with van der Waals surface area (Å²) < 4.78 is 40.4. The van der Waals surface area contributed by atoms with E-state index in [0.717, 1.165) is 6.20 Å². The topological polar surface area (TPSA) is 59.8 Å². The summed E-state index contributed by atoms with van der Waals surface area (Å²) in [5, 5.41) is 2.78. The third kappa shape index (κ3) is 4.35. The molecule has 0 bridgehead atoms. The van der Waals surface area contributed by atoms with Crippen molar-refractivity contribution in [3.05, 3.63) is 77.6 Å². The molecule has 2 aromatic heterocycles. The second kappa shape index (κ2) is 8.03. The van der Waals surface area contributed by atoms with Crippen molar-refractivity contribution in [1.29, 1.82) is 0 Å².